The Morgan fingerprint density at radius 3 is 0.310 bits per heavy atom. The average Bonchev–Trinajstić information content (AvgIpc) is 2.18. The molecule has 0 rings (SSSR count). The largest absolute Gasteiger partial charge is 0.473 e. The molecule has 21 nitrogen and oxygen atoms in total. The maximum absolute atomic E-state index is 9.10. The molecule has 0 heterocycles. The Morgan fingerprint density at radius 2 is 0.310 bits per heavy atom. The van der Waals surface area contributed by atoms with Gasteiger partial charge in [0.15, 0.2) is 0 Å². The second-order valence-electron chi connectivity index (χ2n) is 1.83. The zero-order valence-electron chi connectivity index (χ0n) is 13.8. The predicted molar refractivity (Wildman–Crippen MR) is 78.3 cm³/mol. The van der Waals surface area contributed by atoms with Gasteiger partial charge in [0, 0.05) is 65.4 Å². The van der Waals surface area contributed by atoms with Crippen LogP contribution in [0.4, 0.5) is 0 Å². The van der Waals surface area contributed by atoms with E-state index in [1.165, 1.54) is 0 Å². The second-order valence-corrected chi connectivity index (χ2v) is 1.83. The maximum Gasteiger partial charge on any atom is 0.414 e. The van der Waals surface area contributed by atoms with Gasteiger partial charge in [0.25, 0.3) is 0 Å². The van der Waals surface area contributed by atoms with Crippen molar-refractivity contribution in [3.05, 3.63) is 0 Å². The molecule has 0 saturated carbocycles. The quantitative estimate of drug-likeness (QED) is 0.139. The van der Waals surface area contributed by atoms with Crippen LogP contribution in [0.1, 0.15) is 0 Å². The van der Waals surface area contributed by atoms with Crippen molar-refractivity contribution in [1.82, 2.24) is 0 Å². The molecule has 0 bridgehead atoms. The summed E-state index contributed by atoms with van der Waals surface area (Å²) in [6, 6.07) is 0. The van der Waals surface area contributed by atoms with Gasteiger partial charge in [-0.3, -0.25) is 0 Å². The summed E-state index contributed by atoms with van der Waals surface area (Å²) in [4.78, 5) is 54.6. The van der Waals surface area contributed by atoms with Crippen molar-refractivity contribution in [2.45, 2.75) is 0 Å². The summed E-state index contributed by atoms with van der Waals surface area (Å²) in [7, 11) is 0. The first-order valence-corrected chi connectivity index (χ1v) is 3.32. The van der Waals surface area contributed by atoms with Crippen LogP contribution in [0, 0.1) is 0 Å². The van der Waals surface area contributed by atoms with E-state index in [0.717, 1.165) is 0 Å². The molecule has 180 valence electrons. The first-order chi connectivity index (χ1) is 7.93. The Kier molecular flexibility index (Phi) is 230. The number of aliphatic carboxylic acids is 6. The van der Waals surface area contributed by atoms with Gasteiger partial charge in [-0.05, 0) is 0 Å². The first kappa shape index (κ1) is 105. The molecular weight excluding hydrogens is 586 g/mol. The maximum atomic E-state index is 9.10. The van der Waals surface area contributed by atoms with Crippen molar-refractivity contribution in [1.29, 1.82) is 0 Å². The first-order valence-electron chi connectivity index (χ1n) is 3.32. The predicted octanol–water partition coefficient (Wildman–Crippen LogP) is -9.96. The minimum absolute atomic E-state index is 0. The van der Waals surface area contributed by atoms with Crippen molar-refractivity contribution in [2.75, 3.05) is 0 Å². The fourth-order valence-corrected chi connectivity index (χ4v) is 0. The van der Waals surface area contributed by atoms with Crippen molar-refractivity contribution in [3.8, 4) is 0 Å². The molecule has 0 aromatic heterocycles. The van der Waals surface area contributed by atoms with Crippen LogP contribution in [0.5, 0.6) is 0 Å². The molecule has 0 amide bonds. The van der Waals surface area contributed by atoms with Crippen LogP contribution < -0.4 is 0 Å². The van der Waals surface area contributed by atoms with Crippen LogP contribution in [0.2, 0.25) is 0 Å². The van der Waals surface area contributed by atoms with Crippen LogP contribution in [-0.4, -0.2) is 116 Å². The molecule has 23 heteroatoms. The van der Waals surface area contributed by atoms with E-state index < -0.39 is 35.8 Å². The molecule has 24 N–H and O–H groups in total. The van der Waals surface area contributed by atoms with Crippen LogP contribution in [0.15, 0.2) is 0 Å². The van der Waals surface area contributed by atoms with E-state index in [4.69, 9.17) is 59.4 Å². The zero-order valence-corrected chi connectivity index (χ0v) is 19.5. The van der Waals surface area contributed by atoms with Gasteiger partial charge in [0.05, 0.1) is 0 Å². The number of carboxylic acid groups (broad SMARTS) is 6. The molecule has 29 heavy (non-hydrogen) atoms. The number of rotatable bonds is 0. The smallest absolute Gasteiger partial charge is 0.414 e. The number of hydrogen-bond acceptors (Lipinski definition) is 6. The van der Waals surface area contributed by atoms with Crippen LogP contribution >= 0.6 is 0 Å². The Balaban J connectivity index is -0.00000000815. The average molecular weight is 610 g/mol. The van der Waals surface area contributed by atoms with E-state index in [0.29, 0.717) is 0 Å². The number of hydrogen-bond donors (Lipinski definition) is 6. The topological polar surface area (TPSA) is 507 Å². The molecule has 0 aliphatic carbocycles. The Hall–Kier alpha value is -1.33. The van der Waals surface area contributed by atoms with Crippen LogP contribution in [0.25, 0.3) is 0 Å². The van der Waals surface area contributed by atoms with E-state index >= 15 is 0 Å². The minimum Gasteiger partial charge on any atom is -0.473 e. The van der Waals surface area contributed by atoms with Gasteiger partial charge in [-0.1, -0.05) is 0 Å². The molecule has 0 saturated heterocycles. The van der Waals surface area contributed by atoms with Gasteiger partial charge in [0.1, 0.15) is 0 Å². The van der Waals surface area contributed by atoms with Crippen LogP contribution in [-0.2, 0) is 94.2 Å². The van der Waals surface area contributed by atoms with Crippen molar-refractivity contribution in [2.24, 2.45) is 0 Å². The van der Waals surface area contributed by atoms with E-state index in [2.05, 4.69) is 0 Å². The fraction of sp³-hybridized carbons (Fsp3) is 0. The van der Waals surface area contributed by atoms with Gasteiger partial charge in [-0.25, -0.2) is 28.8 Å². The fourth-order valence-electron chi connectivity index (χ4n) is 0. The summed E-state index contributed by atoms with van der Waals surface area (Å²) in [5.41, 5.74) is 0. The minimum atomic E-state index is -1.82. The number of carboxylic acids is 6. The molecule has 0 aromatic rings. The monoisotopic (exact) mass is 610 g/mol. The van der Waals surface area contributed by atoms with Gasteiger partial charge >= 0.3 is 35.8 Å². The van der Waals surface area contributed by atoms with E-state index in [-0.39, 0.29) is 115 Å². The molecular formula is C6H24O21Y2. The normalized spacial score (nSPS) is 4.55. The molecule has 0 unspecified atom stereocenters. The van der Waals surface area contributed by atoms with Crippen molar-refractivity contribution in [3.63, 3.8) is 0 Å². The second kappa shape index (κ2) is 63.2. The summed E-state index contributed by atoms with van der Waals surface area (Å²) in [6.07, 6.45) is 0. The Bertz CT molecular complexity index is 286. The number of carbonyl (C=O) groups is 6. The van der Waals surface area contributed by atoms with Crippen molar-refractivity contribution < 1.29 is 174 Å². The summed E-state index contributed by atoms with van der Waals surface area (Å²) in [5, 5.41) is 44.3. The van der Waals surface area contributed by atoms with E-state index in [1.807, 2.05) is 0 Å². The third kappa shape index (κ3) is 143. The summed E-state index contributed by atoms with van der Waals surface area (Å²) in [6.45, 7) is 0. The Labute approximate surface area is 208 Å². The summed E-state index contributed by atoms with van der Waals surface area (Å²) < 4.78 is 0. The molecule has 0 aliphatic rings. The molecule has 0 spiro atoms. The third-order valence-electron chi connectivity index (χ3n) is 0.549. The SMILES string of the molecule is O.O.O.O.O.O.O.O.O.O=C(O)C(=O)O.O=C(O)C(=O)O.O=C(O)C(=O)O.[Y].[Y]. The molecule has 0 fully saturated rings. The van der Waals surface area contributed by atoms with Gasteiger partial charge in [0.2, 0.25) is 0 Å². The van der Waals surface area contributed by atoms with E-state index in [1.54, 1.807) is 0 Å². The van der Waals surface area contributed by atoms with Gasteiger partial charge in [-0.15, -0.1) is 0 Å². The van der Waals surface area contributed by atoms with Crippen molar-refractivity contribution >= 4 is 35.8 Å². The summed E-state index contributed by atoms with van der Waals surface area (Å²) >= 11 is 0. The Morgan fingerprint density at radius 1 is 0.276 bits per heavy atom. The standard InChI is InChI=1S/3C2H2O4.9H2O.2Y/c3*3-1(4)2(5)6;;;;;;;;;;;/h3*(H,3,4)(H,5,6);9*1H2;;. The van der Waals surface area contributed by atoms with Gasteiger partial charge in [-0.2, -0.15) is 0 Å². The summed E-state index contributed by atoms with van der Waals surface area (Å²) in [5.74, 6) is -10.9. The third-order valence-corrected chi connectivity index (χ3v) is 0.549. The zero-order chi connectivity index (χ0) is 15.5. The molecule has 0 atom stereocenters. The molecule has 2 radical (unpaired) electrons. The van der Waals surface area contributed by atoms with E-state index in [9.17, 15) is 0 Å². The molecule has 0 aliphatic heterocycles. The van der Waals surface area contributed by atoms with Gasteiger partial charge < -0.3 is 79.9 Å². The van der Waals surface area contributed by atoms with Crippen LogP contribution in [0.3, 0.4) is 0 Å². The molecule has 0 aromatic carbocycles.